The molecule has 2 saturated heterocycles. The Bertz CT molecular complexity index is 2150. The Morgan fingerprint density at radius 3 is 1.26 bits per heavy atom. The highest BCUT2D eigenvalue weighted by Gasteiger charge is 2.46. The number of rotatable bonds is 10. The van der Waals surface area contributed by atoms with Crippen LogP contribution in [0.4, 0.5) is 9.59 Å². The van der Waals surface area contributed by atoms with Crippen molar-refractivity contribution in [2.75, 3.05) is 38.4 Å². The third kappa shape index (κ3) is 19.7. The molecule has 0 aliphatic carbocycles. The van der Waals surface area contributed by atoms with Crippen LogP contribution in [0.25, 0.3) is 0 Å². The first-order valence-electron chi connectivity index (χ1n) is 23.3. The smallest absolute Gasteiger partial charge is 0.413 e. The zero-order valence-corrected chi connectivity index (χ0v) is 46.2. The second-order valence-corrected chi connectivity index (χ2v) is 23.5. The quantitative estimate of drug-likeness (QED) is 0.0516. The molecular formula is C56H85Cl2N2O11P. The van der Waals surface area contributed by atoms with E-state index in [1.54, 1.807) is 38.7 Å². The Morgan fingerprint density at radius 1 is 0.639 bits per heavy atom. The number of aliphatic hydroxyl groups is 1. The van der Waals surface area contributed by atoms with Crippen LogP contribution in [0.15, 0.2) is 114 Å². The van der Waals surface area contributed by atoms with Gasteiger partial charge < -0.3 is 33.5 Å². The van der Waals surface area contributed by atoms with E-state index in [0.717, 1.165) is 26.8 Å². The number of ether oxygens (including phenoxy) is 6. The monoisotopic (exact) mass is 1060 g/mol. The van der Waals surface area contributed by atoms with Gasteiger partial charge in [0.15, 0.2) is 0 Å². The highest BCUT2D eigenvalue weighted by molar-refractivity contribution is 7.96. The number of hydrogen-bond acceptors (Lipinski definition) is 11. The van der Waals surface area contributed by atoms with Crippen LogP contribution in [0, 0.1) is 0 Å². The molecule has 1 N–H and O–H groups in total. The number of carbonyl (C=O) groups is 4. The maximum Gasteiger partial charge on any atom is 0.413 e. The fourth-order valence-electron chi connectivity index (χ4n) is 7.58. The maximum atomic E-state index is 12.9. The summed E-state index contributed by atoms with van der Waals surface area (Å²) >= 11 is 9.53. The van der Waals surface area contributed by atoms with Gasteiger partial charge in [-0.3, -0.25) is 9.80 Å². The molecule has 5 rings (SSSR count). The number of alkyl halides is 2. The van der Waals surface area contributed by atoms with Crippen LogP contribution in [-0.4, -0.2) is 117 Å². The molecule has 2 heterocycles. The molecule has 2 aliphatic rings. The minimum absolute atomic E-state index is 0. The molecule has 0 unspecified atom stereocenters. The zero-order valence-electron chi connectivity index (χ0n) is 43.8. The molecule has 13 nitrogen and oxygen atoms in total. The van der Waals surface area contributed by atoms with Gasteiger partial charge in [-0.25, -0.2) is 19.2 Å². The van der Waals surface area contributed by atoms with Gasteiger partial charge in [0.25, 0.3) is 0 Å². The summed E-state index contributed by atoms with van der Waals surface area (Å²) in [6, 6.07) is 30.4. The molecule has 0 bridgehead atoms. The first-order chi connectivity index (χ1) is 32.7. The van der Waals surface area contributed by atoms with Gasteiger partial charge in [-0.1, -0.05) is 112 Å². The Balaban J connectivity index is 0.00000102. The summed E-state index contributed by atoms with van der Waals surface area (Å²) in [7, 11) is 0. The van der Waals surface area contributed by atoms with E-state index < -0.39 is 47.7 Å². The molecule has 0 spiro atoms. The standard InChI is InChI=1S/C23H23O2P.C16H27NO5.C14H25NO4.CH2Cl2.2CH4/c1-3-25-23(24)19(2)26(20-13-7-4-8-14-20,21-15-9-5-10-16-21)22-17-11-6-12-18-22;1-8-20-13(18)11(2)9-12-10-21-16(6,7)17(12)14(19)22-15(3,4)5;1-10(8-16)7-11-9-18-14(5,6)15(11)12(17)19-13(2,3)4;2-1-3;;/h4-18H,3H2,1-2H3;9,12H,8,10H2,1-7H3;7,11,16H,8-9H2,1-6H3;1H2;2*1H4/b;11-9+;10-7+;;;/t;12-;11-;;;/m.00.../s1. The van der Waals surface area contributed by atoms with E-state index in [4.69, 9.17) is 56.7 Å². The van der Waals surface area contributed by atoms with E-state index in [9.17, 15) is 19.2 Å². The normalized spacial score (nSPS) is 17.1. The minimum atomic E-state index is -2.29. The van der Waals surface area contributed by atoms with Crippen LogP contribution in [0.3, 0.4) is 0 Å². The molecule has 2 aliphatic heterocycles. The lowest BCUT2D eigenvalue weighted by Crippen LogP contribution is -2.49. The first kappa shape index (κ1) is 67.4. The van der Waals surface area contributed by atoms with Crippen molar-refractivity contribution in [3.8, 4) is 0 Å². The summed E-state index contributed by atoms with van der Waals surface area (Å²) in [5, 5.41) is 13.5. The first-order valence-corrected chi connectivity index (χ1v) is 26.2. The van der Waals surface area contributed by atoms with Gasteiger partial charge in [-0.2, -0.15) is 0 Å². The lowest BCUT2D eigenvalue weighted by molar-refractivity contribution is -0.138. The summed E-state index contributed by atoms with van der Waals surface area (Å²) in [6.45, 7) is 26.3. The highest BCUT2D eigenvalue weighted by Crippen LogP contribution is 2.46. The van der Waals surface area contributed by atoms with Crippen LogP contribution in [0.5, 0.6) is 0 Å². The Morgan fingerprint density at radius 2 is 0.958 bits per heavy atom. The molecule has 3 aromatic rings. The van der Waals surface area contributed by atoms with E-state index in [2.05, 4.69) is 36.4 Å². The Kier molecular flexibility index (Phi) is 28.6. The van der Waals surface area contributed by atoms with Crippen molar-refractivity contribution in [2.24, 2.45) is 0 Å². The van der Waals surface area contributed by atoms with Crippen LogP contribution in [-0.2, 0) is 38.0 Å². The van der Waals surface area contributed by atoms with Crippen molar-refractivity contribution in [3.05, 3.63) is 114 Å². The number of aliphatic hydroxyl groups excluding tert-OH is 1. The third-order valence-electron chi connectivity index (χ3n) is 10.5. The molecule has 3 aromatic carbocycles. The van der Waals surface area contributed by atoms with Gasteiger partial charge in [0, 0.05) is 10.9 Å². The molecule has 2 fully saturated rings. The molecule has 2 amide bonds. The van der Waals surface area contributed by atoms with Gasteiger partial charge in [0.1, 0.15) is 22.7 Å². The number of hydrogen-bond donors (Lipinski definition) is 1. The van der Waals surface area contributed by atoms with Crippen LogP contribution in [0.2, 0.25) is 0 Å². The van der Waals surface area contributed by atoms with E-state index in [-0.39, 0.29) is 44.9 Å². The van der Waals surface area contributed by atoms with Crippen molar-refractivity contribution < 1.29 is 52.7 Å². The fraction of sp³-hybridized carbons (Fsp3) is 0.518. The van der Waals surface area contributed by atoms with Crippen molar-refractivity contribution in [1.29, 1.82) is 0 Å². The molecule has 2 atom stereocenters. The number of halogens is 2. The fourth-order valence-corrected chi connectivity index (χ4v) is 11.8. The van der Waals surface area contributed by atoms with E-state index >= 15 is 0 Å². The largest absolute Gasteiger partial charge is 0.463 e. The summed E-state index contributed by atoms with van der Waals surface area (Å²) < 4.78 is 32.6. The molecule has 72 heavy (non-hydrogen) atoms. The Hall–Kier alpha value is -4.62. The molecule has 0 radical (unpaired) electrons. The van der Waals surface area contributed by atoms with Crippen LogP contribution >= 0.6 is 30.1 Å². The van der Waals surface area contributed by atoms with Crippen molar-refractivity contribution in [3.63, 3.8) is 0 Å². The van der Waals surface area contributed by atoms with Gasteiger partial charge in [-0.15, -0.1) is 23.2 Å². The maximum absolute atomic E-state index is 12.9. The molecule has 404 valence electrons. The predicted molar refractivity (Wildman–Crippen MR) is 298 cm³/mol. The SMILES string of the molecule is C.C.C/C(=C\[C@H]1COC(C)(C)N1C(=O)OC(C)(C)C)CO.CCOC(=O)/C(C)=C/[C@H]1COC(C)(C)N1C(=O)OC(C)(C)C.CCOC(=O)C(C)=P(c1ccccc1)(c1ccccc1)c1ccccc1.ClCCl. The molecular weight excluding hydrogens is 978 g/mol. The van der Waals surface area contributed by atoms with Crippen molar-refractivity contribution in [1.82, 2.24) is 9.80 Å². The summed E-state index contributed by atoms with van der Waals surface area (Å²) in [4.78, 5) is 52.4. The molecule has 0 aromatic heterocycles. The number of nitrogens with zero attached hydrogens (tertiary/aromatic N) is 2. The third-order valence-corrected chi connectivity index (χ3v) is 14.9. The summed E-state index contributed by atoms with van der Waals surface area (Å²) in [5.74, 6) is -0.617. The summed E-state index contributed by atoms with van der Waals surface area (Å²) in [5.41, 5.74) is -1.39. The van der Waals surface area contributed by atoms with Crippen LogP contribution < -0.4 is 15.9 Å². The average Bonchev–Trinajstić information content (AvgIpc) is 3.76. The van der Waals surface area contributed by atoms with Gasteiger partial charge in [0.05, 0.1) is 50.5 Å². The lowest BCUT2D eigenvalue weighted by Gasteiger charge is -2.34. The zero-order chi connectivity index (χ0) is 53.1. The summed E-state index contributed by atoms with van der Waals surface area (Å²) in [6.07, 6.45) is 2.67. The number of esters is 2. The van der Waals surface area contributed by atoms with E-state index in [0.29, 0.717) is 32.0 Å². The highest BCUT2D eigenvalue weighted by atomic mass is 35.5. The van der Waals surface area contributed by atoms with Crippen LogP contribution in [0.1, 0.15) is 119 Å². The van der Waals surface area contributed by atoms with E-state index in [1.165, 1.54) is 4.90 Å². The van der Waals surface area contributed by atoms with E-state index in [1.807, 2.05) is 137 Å². The van der Waals surface area contributed by atoms with Gasteiger partial charge in [-0.05, 0) is 138 Å². The minimum Gasteiger partial charge on any atom is -0.463 e. The lowest BCUT2D eigenvalue weighted by atomic mass is 10.1. The molecule has 16 heteroatoms. The topological polar surface area (TPSA) is 150 Å². The van der Waals surface area contributed by atoms with Gasteiger partial charge >= 0.3 is 24.1 Å². The molecule has 0 saturated carbocycles. The number of amides is 2. The van der Waals surface area contributed by atoms with Crippen molar-refractivity contribution in [2.45, 2.75) is 153 Å². The van der Waals surface area contributed by atoms with Crippen molar-refractivity contribution >= 4 is 75.4 Å². The Labute approximate surface area is 442 Å². The second kappa shape index (κ2) is 30.5. The average molecular weight is 1060 g/mol. The number of carbonyl (C=O) groups excluding carboxylic acids is 4. The predicted octanol–water partition coefficient (Wildman–Crippen LogP) is 11.6. The number of benzene rings is 3. The second-order valence-electron chi connectivity index (χ2n) is 19.2. The van der Waals surface area contributed by atoms with Gasteiger partial charge in [0.2, 0.25) is 0 Å².